The Morgan fingerprint density at radius 3 is 2.05 bits per heavy atom. The fraction of sp³-hybridized carbons (Fsp3) is 0.429. The SMILES string of the molecule is CC1(C)OB(c2ccc(-c3nnc(N)s3)cc2)OC1(C)C. The molecule has 1 aliphatic heterocycles. The van der Waals surface area contributed by atoms with Crippen LogP contribution in [0.2, 0.25) is 0 Å². The van der Waals surface area contributed by atoms with Crippen molar-refractivity contribution in [1.29, 1.82) is 0 Å². The summed E-state index contributed by atoms with van der Waals surface area (Å²) in [5, 5.41) is 9.15. The van der Waals surface area contributed by atoms with Gasteiger partial charge in [-0.25, -0.2) is 0 Å². The van der Waals surface area contributed by atoms with Crippen molar-refractivity contribution in [2.24, 2.45) is 0 Å². The first-order valence-corrected chi connectivity index (χ1v) is 7.65. The highest BCUT2D eigenvalue weighted by molar-refractivity contribution is 7.18. The van der Waals surface area contributed by atoms with Crippen LogP contribution in [0.4, 0.5) is 5.13 Å². The fourth-order valence-electron chi connectivity index (χ4n) is 2.11. The lowest BCUT2D eigenvalue weighted by molar-refractivity contribution is 0.00578. The van der Waals surface area contributed by atoms with E-state index in [0.29, 0.717) is 5.13 Å². The molecule has 1 fully saturated rings. The van der Waals surface area contributed by atoms with E-state index in [4.69, 9.17) is 15.0 Å². The highest BCUT2D eigenvalue weighted by atomic mass is 32.1. The Morgan fingerprint density at radius 1 is 1.00 bits per heavy atom. The molecule has 1 aromatic heterocycles. The van der Waals surface area contributed by atoms with Gasteiger partial charge in [-0.1, -0.05) is 35.6 Å². The number of aromatic nitrogens is 2. The minimum Gasteiger partial charge on any atom is -0.399 e. The molecule has 5 nitrogen and oxygen atoms in total. The second-order valence-corrected chi connectivity index (χ2v) is 7.16. The molecule has 2 heterocycles. The quantitative estimate of drug-likeness (QED) is 0.860. The predicted octanol–water partition coefficient (Wildman–Crippen LogP) is 2.09. The molecule has 0 bridgehead atoms. The van der Waals surface area contributed by atoms with Gasteiger partial charge in [0.1, 0.15) is 5.01 Å². The van der Waals surface area contributed by atoms with E-state index < -0.39 is 0 Å². The van der Waals surface area contributed by atoms with Gasteiger partial charge in [-0.2, -0.15) is 0 Å². The maximum absolute atomic E-state index is 6.03. The van der Waals surface area contributed by atoms with Crippen molar-refractivity contribution in [3.05, 3.63) is 24.3 Å². The fourth-order valence-corrected chi connectivity index (χ4v) is 2.73. The summed E-state index contributed by atoms with van der Waals surface area (Å²) in [7, 11) is -0.344. The molecule has 0 atom stereocenters. The number of anilines is 1. The summed E-state index contributed by atoms with van der Waals surface area (Å²) >= 11 is 1.37. The zero-order valence-electron chi connectivity index (χ0n) is 12.6. The number of benzene rings is 1. The zero-order chi connectivity index (χ0) is 15.3. The molecule has 1 aliphatic rings. The summed E-state index contributed by atoms with van der Waals surface area (Å²) in [5.41, 5.74) is 6.94. The summed E-state index contributed by atoms with van der Waals surface area (Å²) in [6.07, 6.45) is 0. The van der Waals surface area contributed by atoms with E-state index in [0.717, 1.165) is 16.0 Å². The number of nitrogens with two attached hydrogens (primary N) is 1. The Morgan fingerprint density at radius 2 is 1.57 bits per heavy atom. The van der Waals surface area contributed by atoms with E-state index in [2.05, 4.69) is 10.2 Å². The molecule has 0 amide bonds. The minimum atomic E-state index is -0.344. The third-order valence-corrected chi connectivity index (χ3v) is 4.93. The van der Waals surface area contributed by atoms with Crippen molar-refractivity contribution >= 4 is 29.0 Å². The summed E-state index contributed by atoms with van der Waals surface area (Å²) < 4.78 is 12.1. The molecule has 1 saturated heterocycles. The van der Waals surface area contributed by atoms with Crippen LogP contribution in [0.5, 0.6) is 0 Å². The van der Waals surface area contributed by atoms with E-state index in [1.54, 1.807) is 0 Å². The van der Waals surface area contributed by atoms with E-state index in [-0.39, 0.29) is 18.3 Å². The maximum atomic E-state index is 6.03. The first kappa shape index (κ1) is 14.5. The highest BCUT2D eigenvalue weighted by Crippen LogP contribution is 2.36. The van der Waals surface area contributed by atoms with Gasteiger partial charge >= 0.3 is 7.12 Å². The van der Waals surface area contributed by atoms with Gasteiger partial charge in [0.25, 0.3) is 0 Å². The Balaban J connectivity index is 1.83. The maximum Gasteiger partial charge on any atom is 0.494 e. The lowest BCUT2D eigenvalue weighted by Crippen LogP contribution is -2.41. The molecular formula is C14H18BN3O2S. The summed E-state index contributed by atoms with van der Waals surface area (Å²) in [5.74, 6) is 0. The minimum absolute atomic E-state index is 0.329. The Kier molecular flexibility index (Phi) is 3.31. The third kappa shape index (κ3) is 2.56. The standard InChI is InChI=1S/C14H18BN3O2S/c1-13(2)14(3,4)20-15(19-13)10-7-5-9(6-8-10)11-17-18-12(16)21-11/h5-8H,1-4H3,(H2,16,18). The van der Waals surface area contributed by atoms with Gasteiger partial charge in [-0.15, -0.1) is 10.2 Å². The second-order valence-electron chi connectivity index (χ2n) is 6.16. The van der Waals surface area contributed by atoms with Gasteiger partial charge in [0.05, 0.1) is 11.2 Å². The average Bonchev–Trinajstić information content (AvgIpc) is 2.92. The number of hydrogen-bond donors (Lipinski definition) is 1. The molecule has 1 aromatic carbocycles. The lowest BCUT2D eigenvalue weighted by atomic mass is 9.79. The van der Waals surface area contributed by atoms with Crippen molar-refractivity contribution in [2.45, 2.75) is 38.9 Å². The van der Waals surface area contributed by atoms with Crippen molar-refractivity contribution < 1.29 is 9.31 Å². The Labute approximate surface area is 128 Å². The van der Waals surface area contributed by atoms with Crippen LogP contribution in [0.1, 0.15) is 27.7 Å². The first-order chi connectivity index (χ1) is 9.78. The van der Waals surface area contributed by atoms with Crippen LogP contribution in [0, 0.1) is 0 Å². The van der Waals surface area contributed by atoms with E-state index in [1.807, 2.05) is 52.0 Å². The Bertz CT molecular complexity index is 638. The first-order valence-electron chi connectivity index (χ1n) is 6.83. The Hall–Kier alpha value is -1.44. The molecule has 3 rings (SSSR count). The summed E-state index contributed by atoms with van der Waals surface area (Å²) in [6.45, 7) is 8.19. The lowest BCUT2D eigenvalue weighted by Gasteiger charge is -2.32. The van der Waals surface area contributed by atoms with E-state index >= 15 is 0 Å². The van der Waals surface area contributed by atoms with Crippen LogP contribution in [-0.4, -0.2) is 28.5 Å². The normalized spacial score (nSPS) is 19.9. The zero-order valence-corrected chi connectivity index (χ0v) is 13.4. The molecule has 2 N–H and O–H groups in total. The molecule has 0 spiro atoms. The molecule has 7 heteroatoms. The molecular weight excluding hydrogens is 285 g/mol. The van der Waals surface area contributed by atoms with Crippen LogP contribution in [0.3, 0.4) is 0 Å². The third-order valence-electron chi connectivity index (χ3n) is 4.12. The van der Waals surface area contributed by atoms with Crippen LogP contribution in [-0.2, 0) is 9.31 Å². The van der Waals surface area contributed by atoms with Crippen molar-refractivity contribution in [1.82, 2.24) is 10.2 Å². The van der Waals surface area contributed by atoms with E-state index in [1.165, 1.54) is 11.3 Å². The molecule has 0 radical (unpaired) electrons. The van der Waals surface area contributed by atoms with Gasteiger partial charge < -0.3 is 15.0 Å². The molecule has 110 valence electrons. The van der Waals surface area contributed by atoms with E-state index in [9.17, 15) is 0 Å². The number of nitrogen functional groups attached to an aromatic ring is 1. The molecule has 21 heavy (non-hydrogen) atoms. The molecule has 0 saturated carbocycles. The van der Waals surface area contributed by atoms with Crippen LogP contribution in [0.25, 0.3) is 10.6 Å². The molecule has 0 unspecified atom stereocenters. The van der Waals surface area contributed by atoms with Crippen LogP contribution < -0.4 is 11.2 Å². The number of nitrogens with zero attached hydrogens (tertiary/aromatic N) is 2. The monoisotopic (exact) mass is 303 g/mol. The summed E-state index contributed by atoms with van der Waals surface area (Å²) in [4.78, 5) is 0. The second kappa shape index (κ2) is 4.79. The summed E-state index contributed by atoms with van der Waals surface area (Å²) in [6, 6.07) is 7.96. The van der Waals surface area contributed by atoms with Crippen LogP contribution >= 0.6 is 11.3 Å². The topological polar surface area (TPSA) is 70.3 Å². The number of rotatable bonds is 2. The van der Waals surface area contributed by atoms with Crippen molar-refractivity contribution in [3.63, 3.8) is 0 Å². The molecule has 0 aliphatic carbocycles. The molecule has 2 aromatic rings. The van der Waals surface area contributed by atoms with Gasteiger partial charge in [-0.3, -0.25) is 0 Å². The largest absolute Gasteiger partial charge is 0.494 e. The predicted molar refractivity (Wildman–Crippen MR) is 85.5 cm³/mol. The van der Waals surface area contributed by atoms with Gasteiger partial charge in [0.2, 0.25) is 5.13 Å². The number of hydrogen-bond acceptors (Lipinski definition) is 6. The van der Waals surface area contributed by atoms with Gasteiger partial charge in [-0.05, 0) is 33.2 Å². The van der Waals surface area contributed by atoms with Crippen molar-refractivity contribution in [2.75, 3.05) is 5.73 Å². The smallest absolute Gasteiger partial charge is 0.399 e. The van der Waals surface area contributed by atoms with Crippen molar-refractivity contribution in [3.8, 4) is 10.6 Å². The highest BCUT2D eigenvalue weighted by Gasteiger charge is 2.51. The average molecular weight is 303 g/mol. The van der Waals surface area contributed by atoms with Gasteiger partial charge in [0, 0.05) is 5.56 Å². The van der Waals surface area contributed by atoms with Crippen LogP contribution in [0.15, 0.2) is 24.3 Å². The van der Waals surface area contributed by atoms with Gasteiger partial charge in [0.15, 0.2) is 0 Å².